The van der Waals surface area contributed by atoms with Crippen LogP contribution in [0.3, 0.4) is 0 Å². The Morgan fingerprint density at radius 1 is 1.26 bits per heavy atom. The first kappa shape index (κ1) is 13.8. The maximum atomic E-state index is 11.5. The fraction of sp³-hybridized carbons (Fsp3) is 0.400. The molecule has 4 heteroatoms. The van der Waals surface area contributed by atoms with Crippen LogP contribution in [0.1, 0.15) is 5.56 Å². The number of carbonyl (C=O) groups is 1. The zero-order valence-electron chi connectivity index (χ0n) is 11.0. The molecular formula is C15H20N2O2. The fourth-order valence-electron chi connectivity index (χ4n) is 1.99. The Balaban J connectivity index is 1.65. The minimum absolute atomic E-state index is 0.279. The Hall–Kier alpha value is -1.65. The van der Waals surface area contributed by atoms with E-state index in [9.17, 15) is 4.79 Å². The van der Waals surface area contributed by atoms with E-state index in [2.05, 4.69) is 10.2 Å². The maximum absolute atomic E-state index is 11.5. The van der Waals surface area contributed by atoms with Crippen molar-refractivity contribution in [1.82, 2.24) is 10.2 Å². The van der Waals surface area contributed by atoms with E-state index in [4.69, 9.17) is 4.74 Å². The maximum Gasteiger partial charge on any atom is 0.330 e. The summed E-state index contributed by atoms with van der Waals surface area (Å²) in [4.78, 5) is 13.8. The molecule has 102 valence electrons. The average molecular weight is 260 g/mol. The van der Waals surface area contributed by atoms with Crippen molar-refractivity contribution in [2.24, 2.45) is 0 Å². The van der Waals surface area contributed by atoms with Crippen LogP contribution >= 0.6 is 0 Å². The Kier molecular flexibility index (Phi) is 5.59. The first-order valence-corrected chi connectivity index (χ1v) is 6.67. The van der Waals surface area contributed by atoms with Crippen molar-refractivity contribution in [2.75, 3.05) is 39.3 Å². The van der Waals surface area contributed by atoms with Crippen molar-refractivity contribution in [3.8, 4) is 0 Å². The van der Waals surface area contributed by atoms with Crippen LogP contribution < -0.4 is 5.32 Å². The van der Waals surface area contributed by atoms with Gasteiger partial charge in [-0.3, -0.25) is 4.90 Å². The number of hydrogen-bond acceptors (Lipinski definition) is 4. The van der Waals surface area contributed by atoms with E-state index in [0.29, 0.717) is 6.61 Å². The van der Waals surface area contributed by atoms with Crippen LogP contribution in [0.2, 0.25) is 0 Å². The molecule has 1 aliphatic rings. The van der Waals surface area contributed by atoms with Gasteiger partial charge in [0.25, 0.3) is 0 Å². The molecule has 0 aliphatic carbocycles. The highest BCUT2D eigenvalue weighted by Crippen LogP contribution is 2.01. The summed E-state index contributed by atoms with van der Waals surface area (Å²) in [5.74, 6) is -0.279. The molecule has 0 radical (unpaired) electrons. The standard InChI is InChI=1S/C15H20N2O2/c18-15(7-6-14-4-2-1-3-5-14)19-13-12-17-10-8-16-9-11-17/h1-7,16H,8-13H2. The topological polar surface area (TPSA) is 41.6 Å². The molecule has 0 aromatic heterocycles. The SMILES string of the molecule is O=C(C=Cc1ccccc1)OCCN1CCNCC1. The lowest BCUT2D eigenvalue weighted by Crippen LogP contribution is -2.44. The molecule has 4 nitrogen and oxygen atoms in total. The summed E-state index contributed by atoms with van der Waals surface area (Å²) in [6, 6.07) is 9.73. The van der Waals surface area contributed by atoms with Gasteiger partial charge in [0.1, 0.15) is 6.61 Å². The van der Waals surface area contributed by atoms with Crippen LogP contribution in [-0.4, -0.2) is 50.2 Å². The van der Waals surface area contributed by atoms with Crippen LogP contribution in [0.4, 0.5) is 0 Å². The van der Waals surface area contributed by atoms with Gasteiger partial charge in [-0.2, -0.15) is 0 Å². The summed E-state index contributed by atoms with van der Waals surface area (Å²) in [7, 11) is 0. The van der Waals surface area contributed by atoms with Gasteiger partial charge in [0.15, 0.2) is 0 Å². The van der Waals surface area contributed by atoms with E-state index in [-0.39, 0.29) is 5.97 Å². The first-order valence-electron chi connectivity index (χ1n) is 6.67. The number of carbonyl (C=O) groups excluding carboxylic acids is 1. The van der Waals surface area contributed by atoms with Crippen LogP contribution in [-0.2, 0) is 9.53 Å². The van der Waals surface area contributed by atoms with Crippen molar-refractivity contribution in [3.63, 3.8) is 0 Å². The number of rotatable bonds is 5. The van der Waals surface area contributed by atoms with Gasteiger partial charge in [-0.25, -0.2) is 4.79 Å². The second-order valence-electron chi connectivity index (χ2n) is 4.50. The van der Waals surface area contributed by atoms with Crippen molar-refractivity contribution in [2.45, 2.75) is 0 Å². The molecule has 2 rings (SSSR count). The molecule has 1 aromatic carbocycles. The summed E-state index contributed by atoms with van der Waals surface area (Å²) in [6.45, 7) is 5.35. The largest absolute Gasteiger partial charge is 0.461 e. The van der Waals surface area contributed by atoms with Crippen molar-refractivity contribution >= 4 is 12.0 Å². The fourth-order valence-corrected chi connectivity index (χ4v) is 1.99. The van der Waals surface area contributed by atoms with E-state index in [0.717, 1.165) is 38.3 Å². The van der Waals surface area contributed by atoms with Crippen molar-refractivity contribution in [3.05, 3.63) is 42.0 Å². The molecule has 1 aromatic rings. The highest BCUT2D eigenvalue weighted by Gasteiger charge is 2.09. The van der Waals surface area contributed by atoms with E-state index >= 15 is 0 Å². The van der Waals surface area contributed by atoms with Gasteiger partial charge in [0.05, 0.1) is 0 Å². The molecule has 1 heterocycles. The molecule has 0 saturated carbocycles. The van der Waals surface area contributed by atoms with Crippen LogP contribution in [0, 0.1) is 0 Å². The Bertz CT molecular complexity index is 411. The number of esters is 1. The Morgan fingerprint density at radius 3 is 2.74 bits per heavy atom. The predicted octanol–water partition coefficient (Wildman–Crippen LogP) is 1.15. The highest BCUT2D eigenvalue weighted by molar-refractivity contribution is 5.86. The molecule has 0 atom stereocenters. The number of nitrogens with one attached hydrogen (secondary N) is 1. The molecule has 1 aliphatic heterocycles. The van der Waals surface area contributed by atoms with E-state index in [1.54, 1.807) is 6.08 Å². The van der Waals surface area contributed by atoms with E-state index in [1.165, 1.54) is 6.08 Å². The zero-order valence-corrected chi connectivity index (χ0v) is 11.0. The quantitative estimate of drug-likeness (QED) is 0.637. The minimum Gasteiger partial charge on any atom is -0.461 e. The lowest BCUT2D eigenvalue weighted by atomic mass is 10.2. The molecule has 1 N–H and O–H groups in total. The molecule has 1 saturated heterocycles. The lowest BCUT2D eigenvalue weighted by molar-refractivity contribution is -0.138. The molecule has 1 fully saturated rings. The number of piperazine rings is 1. The number of hydrogen-bond donors (Lipinski definition) is 1. The summed E-state index contributed by atoms with van der Waals surface area (Å²) in [6.07, 6.45) is 3.25. The molecule has 0 bridgehead atoms. The highest BCUT2D eigenvalue weighted by atomic mass is 16.5. The smallest absolute Gasteiger partial charge is 0.330 e. The van der Waals surface area contributed by atoms with Crippen LogP contribution in [0.5, 0.6) is 0 Å². The summed E-state index contributed by atoms with van der Waals surface area (Å²) < 4.78 is 5.18. The number of nitrogens with zero attached hydrogens (tertiary/aromatic N) is 1. The second kappa shape index (κ2) is 7.71. The zero-order chi connectivity index (χ0) is 13.3. The van der Waals surface area contributed by atoms with Crippen LogP contribution in [0.25, 0.3) is 6.08 Å². The number of benzene rings is 1. The van der Waals surface area contributed by atoms with Gasteiger partial charge < -0.3 is 10.1 Å². The van der Waals surface area contributed by atoms with Gasteiger partial charge in [0.2, 0.25) is 0 Å². The molecule has 19 heavy (non-hydrogen) atoms. The van der Waals surface area contributed by atoms with Crippen molar-refractivity contribution in [1.29, 1.82) is 0 Å². The Labute approximate surface area is 114 Å². The molecule has 0 spiro atoms. The first-order chi connectivity index (χ1) is 9.34. The third-order valence-corrected chi connectivity index (χ3v) is 3.07. The summed E-state index contributed by atoms with van der Waals surface area (Å²) in [5.41, 5.74) is 1.00. The van der Waals surface area contributed by atoms with Gasteiger partial charge >= 0.3 is 5.97 Å². The predicted molar refractivity (Wildman–Crippen MR) is 75.7 cm³/mol. The molecule has 0 unspecified atom stereocenters. The normalized spacial score (nSPS) is 16.6. The third-order valence-electron chi connectivity index (χ3n) is 3.07. The molecule has 0 amide bonds. The van der Waals surface area contributed by atoms with Gasteiger partial charge in [0, 0.05) is 38.8 Å². The second-order valence-corrected chi connectivity index (χ2v) is 4.50. The Morgan fingerprint density at radius 2 is 2.00 bits per heavy atom. The van der Waals surface area contributed by atoms with Gasteiger partial charge in [-0.05, 0) is 11.6 Å². The van der Waals surface area contributed by atoms with Crippen LogP contribution in [0.15, 0.2) is 36.4 Å². The minimum atomic E-state index is -0.279. The van der Waals surface area contributed by atoms with E-state index < -0.39 is 0 Å². The lowest BCUT2D eigenvalue weighted by Gasteiger charge is -2.26. The van der Waals surface area contributed by atoms with Crippen molar-refractivity contribution < 1.29 is 9.53 Å². The van der Waals surface area contributed by atoms with Gasteiger partial charge in [-0.15, -0.1) is 0 Å². The summed E-state index contributed by atoms with van der Waals surface area (Å²) in [5, 5.41) is 3.29. The monoisotopic (exact) mass is 260 g/mol. The molecular weight excluding hydrogens is 240 g/mol. The third kappa shape index (κ3) is 5.24. The number of ether oxygens (including phenoxy) is 1. The average Bonchev–Trinajstić information content (AvgIpc) is 2.47. The summed E-state index contributed by atoms with van der Waals surface area (Å²) >= 11 is 0. The van der Waals surface area contributed by atoms with Gasteiger partial charge in [-0.1, -0.05) is 30.3 Å². The van der Waals surface area contributed by atoms with E-state index in [1.807, 2.05) is 30.3 Å².